The number of amides is 2. The molecule has 8 heteroatoms. The van der Waals surface area contributed by atoms with Gasteiger partial charge in [0.2, 0.25) is 17.7 Å². The molecule has 0 spiro atoms. The third-order valence-corrected chi connectivity index (χ3v) is 6.12. The van der Waals surface area contributed by atoms with E-state index in [0.29, 0.717) is 31.9 Å². The van der Waals surface area contributed by atoms with Gasteiger partial charge in [0.25, 0.3) is 0 Å². The minimum Gasteiger partial charge on any atom is -0.473 e. The molecule has 3 unspecified atom stereocenters. The molecule has 2 aliphatic heterocycles. The summed E-state index contributed by atoms with van der Waals surface area (Å²) in [6.45, 7) is 3.40. The van der Waals surface area contributed by atoms with Gasteiger partial charge in [0.05, 0.1) is 5.92 Å². The van der Waals surface area contributed by atoms with E-state index in [0.717, 1.165) is 16.7 Å². The summed E-state index contributed by atoms with van der Waals surface area (Å²) < 4.78 is 6.01. The minimum absolute atomic E-state index is 0.129. The first-order valence-corrected chi connectivity index (χ1v) is 10.7. The van der Waals surface area contributed by atoms with Crippen molar-refractivity contribution in [3.8, 4) is 5.88 Å². The van der Waals surface area contributed by atoms with Crippen LogP contribution in [-0.2, 0) is 9.59 Å². The summed E-state index contributed by atoms with van der Waals surface area (Å²) in [5.74, 6) is -0.985. The third-order valence-electron chi connectivity index (χ3n) is 6.12. The van der Waals surface area contributed by atoms with E-state index < -0.39 is 17.9 Å². The van der Waals surface area contributed by atoms with Crippen molar-refractivity contribution in [1.29, 1.82) is 0 Å². The number of hydrogen-bond acceptors (Lipinski definition) is 6. The molecule has 1 fully saturated rings. The largest absolute Gasteiger partial charge is 0.473 e. The van der Waals surface area contributed by atoms with Crippen LogP contribution in [0, 0.1) is 12.8 Å². The Labute approximate surface area is 187 Å². The van der Waals surface area contributed by atoms with Crippen LogP contribution in [0.1, 0.15) is 17.5 Å². The molecule has 1 aromatic heterocycles. The molecule has 2 aliphatic rings. The van der Waals surface area contributed by atoms with Gasteiger partial charge in [0, 0.05) is 31.9 Å². The van der Waals surface area contributed by atoms with Crippen molar-refractivity contribution in [3.63, 3.8) is 0 Å². The molecule has 0 bridgehead atoms. The minimum atomic E-state index is -0.748. The van der Waals surface area contributed by atoms with Crippen LogP contribution >= 0.6 is 0 Å². The van der Waals surface area contributed by atoms with Crippen molar-refractivity contribution < 1.29 is 19.5 Å². The highest BCUT2D eigenvalue weighted by Crippen LogP contribution is 2.29. The van der Waals surface area contributed by atoms with Gasteiger partial charge in [0.1, 0.15) is 12.1 Å². The molecule has 32 heavy (non-hydrogen) atoms. The lowest BCUT2D eigenvalue weighted by molar-refractivity contribution is -0.150. The molecule has 3 heterocycles. The number of hydroxylamine groups is 1. The number of nitrogens with zero attached hydrogens (tertiary/aromatic N) is 3. The van der Waals surface area contributed by atoms with Crippen LogP contribution in [-0.4, -0.2) is 70.6 Å². The van der Waals surface area contributed by atoms with E-state index in [-0.39, 0.29) is 12.0 Å². The zero-order valence-electron chi connectivity index (χ0n) is 18.3. The summed E-state index contributed by atoms with van der Waals surface area (Å²) in [6.07, 6.45) is 3.69. The van der Waals surface area contributed by atoms with Crippen LogP contribution < -0.4 is 10.2 Å². The molecule has 4 rings (SSSR count). The summed E-state index contributed by atoms with van der Waals surface area (Å²) in [5, 5.41) is 9.33. The molecule has 2 N–H and O–H groups in total. The molecule has 8 nitrogen and oxygen atoms in total. The number of pyridine rings is 1. The number of carbonyl (C=O) groups excluding carboxylic acids is 2. The quantitative estimate of drug-likeness (QED) is 0.549. The molecular weight excluding hydrogens is 408 g/mol. The molecular formula is C24H28N4O4. The molecule has 168 valence electrons. The van der Waals surface area contributed by atoms with Crippen molar-refractivity contribution in [3.05, 3.63) is 65.9 Å². The molecule has 0 radical (unpaired) electrons. The first-order chi connectivity index (χ1) is 15.5. The Balaban J connectivity index is 1.48. The van der Waals surface area contributed by atoms with Crippen LogP contribution in [0.2, 0.25) is 0 Å². The molecule has 3 atom stereocenters. The number of piperidine rings is 1. The standard InChI is InChI=1S/C24H28N4O4/c1-16-8-10-25-21(12-16)32-19-13-20(23(29)26-31)22(27(2)15-19)24(30)28-11-9-18(14-28)17-6-4-3-5-7-17/h3-10,12,19-20,22,31H,11,13-15H2,1-2H3,(H,26,29). The van der Waals surface area contributed by atoms with E-state index in [2.05, 4.69) is 4.98 Å². The van der Waals surface area contributed by atoms with Gasteiger partial charge in [-0.3, -0.25) is 19.7 Å². The monoisotopic (exact) mass is 436 g/mol. The first-order valence-electron chi connectivity index (χ1n) is 10.7. The molecule has 0 saturated carbocycles. The topological polar surface area (TPSA) is 95.0 Å². The summed E-state index contributed by atoms with van der Waals surface area (Å²) in [7, 11) is 1.81. The maximum Gasteiger partial charge on any atom is 0.248 e. The lowest BCUT2D eigenvalue weighted by Crippen LogP contribution is -2.60. The number of benzene rings is 1. The fourth-order valence-electron chi connectivity index (χ4n) is 4.52. The number of carbonyl (C=O) groups is 2. The second kappa shape index (κ2) is 9.50. The fourth-order valence-corrected chi connectivity index (χ4v) is 4.52. The highest BCUT2D eigenvalue weighted by Gasteiger charge is 2.45. The Hall–Kier alpha value is -3.23. The van der Waals surface area contributed by atoms with Gasteiger partial charge in [0.15, 0.2) is 0 Å². The molecule has 1 aromatic carbocycles. The van der Waals surface area contributed by atoms with Crippen LogP contribution in [0.4, 0.5) is 0 Å². The summed E-state index contributed by atoms with van der Waals surface area (Å²) in [4.78, 5) is 33.8. The van der Waals surface area contributed by atoms with Gasteiger partial charge in [-0.05, 0) is 43.2 Å². The Morgan fingerprint density at radius 3 is 2.72 bits per heavy atom. The number of nitrogens with one attached hydrogen (secondary N) is 1. The molecule has 0 aliphatic carbocycles. The summed E-state index contributed by atoms with van der Waals surface area (Å²) in [6, 6.07) is 13.0. The maximum absolute atomic E-state index is 13.5. The van der Waals surface area contributed by atoms with Gasteiger partial charge in [-0.1, -0.05) is 36.4 Å². The number of likely N-dealkylation sites (N-methyl/N-ethyl adjacent to an activating group) is 1. The smallest absolute Gasteiger partial charge is 0.248 e. The molecule has 1 saturated heterocycles. The predicted octanol–water partition coefficient (Wildman–Crippen LogP) is 1.89. The number of aromatic nitrogens is 1. The highest BCUT2D eigenvalue weighted by atomic mass is 16.5. The zero-order chi connectivity index (χ0) is 22.7. The average Bonchev–Trinajstić information content (AvgIpc) is 3.29. The second-order valence-corrected chi connectivity index (χ2v) is 8.43. The van der Waals surface area contributed by atoms with E-state index in [1.807, 2.05) is 60.4 Å². The number of aryl methyl sites for hydroxylation is 1. The normalized spacial score (nSPS) is 23.5. The zero-order valence-corrected chi connectivity index (χ0v) is 18.3. The van der Waals surface area contributed by atoms with E-state index in [4.69, 9.17) is 4.74 Å². The van der Waals surface area contributed by atoms with Crippen LogP contribution in [0.5, 0.6) is 5.88 Å². The lowest BCUT2D eigenvalue weighted by Gasteiger charge is -2.41. The second-order valence-electron chi connectivity index (χ2n) is 8.43. The Morgan fingerprint density at radius 1 is 1.22 bits per heavy atom. The van der Waals surface area contributed by atoms with E-state index >= 15 is 0 Å². The summed E-state index contributed by atoms with van der Waals surface area (Å²) >= 11 is 0. The van der Waals surface area contributed by atoms with Crippen molar-refractivity contribution in [1.82, 2.24) is 20.3 Å². The van der Waals surface area contributed by atoms with Crippen molar-refractivity contribution >= 4 is 17.4 Å². The van der Waals surface area contributed by atoms with E-state index in [1.54, 1.807) is 23.6 Å². The van der Waals surface area contributed by atoms with Crippen LogP contribution in [0.3, 0.4) is 0 Å². The van der Waals surface area contributed by atoms with Gasteiger partial charge < -0.3 is 9.64 Å². The number of likely N-dealkylation sites (tertiary alicyclic amines) is 1. The van der Waals surface area contributed by atoms with Gasteiger partial charge >= 0.3 is 0 Å². The van der Waals surface area contributed by atoms with E-state index in [1.165, 1.54) is 0 Å². The predicted molar refractivity (Wildman–Crippen MR) is 119 cm³/mol. The average molecular weight is 437 g/mol. The van der Waals surface area contributed by atoms with Crippen LogP contribution in [0.15, 0.2) is 54.7 Å². The third kappa shape index (κ3) is 4.66. The number of ether oxygens (including phenoxy) is 1. The first kappa shape index (κ1) is 22.0. The van der Waals surface area contributed by atoms with E-state index in [9.17, 15) is 14.8 Å². The SMILES string of the molecule is Cc1ccnc(OC2CC(C(=O)NO)C(C(=O)N3CC=C(c4ccccc4)C3)N(C)C2)c1. The van der Waals surface area contributed by atoms with Crippen molar-refractivity contribution in [2.75, 3.05) is 26.7 Å². The van der Waals surface area contributed by atoms with Crippen molar-refractivity contribution in [2.45, 2.75) is 25.5 Å². The summed E-state index contributed by atoms with van der Waals surface area (Å²) in [5.41, 5.74) is 4.94. The molecule has 2 amide bonds. The number of rotatable bonds is 5. The van der Waals surface area contributed by atoms with Crippen LogP contribution in [0.25, 0.3) is 5.57 Å². The Morgan fingerprint density at radius 2 is 2.00 bits per heavy atom. The highest BCUT2D eigenvalue weighted by molar-refractivity contribution is 5.91. The Kier molecular flexibility index (Phi) is 6.53. The van der Waals surface area contributed by atoms with Gasteiger partial charge in [-0.2, -0.15) is 0 Å². The van der Waals surface area contributed by atoms with Gasteiger partial charge in [-0.15, -0.1) is 0 Å². The fraction of sp³-hybridized carbons (Fsp3) is 0.375. The molecule has 2 aromatic rings. The maximum atomic E-state index is 13.5. The lowest BCUT2D eigenvalue weighted by atomic mass is 9.86. The van der Waals surface area contributed by atoms with Crippen molar-refractivity contribution in [2.24, 2.45) is 5.92 Å². The Bertz CT molecular complexity index is 1010. The number of hydrogen-bond donors (Lipinski definition) is 2. The van der Waals surface area contributed by atoms with Gasteiger partial charge in [-0.25, -0.2) is 10.5 Å².